The van der Waals surface area contributed by atoms with Crippen LogP contribution in [0.2, 0.25) is 0 Å². The van der Waals surface area contributed by atoms with Crippen molar-refractivity contribution < 1.29 is 4.79 Å². The van der Waals surface area contributed by atoms with Gasteiger partial charge in [0.2, 0.25) is 0 Å². The molecule has 1 aliphatic heterocycles. The molecule has 2 rings (SSSR count). The van der Waals surface area contributed by atoms with E-state index in [1.165, 1.54) is 17.9 Å². The molecule has 1 aromatic heterocycles. The topological polar surface area (TPSA) is 36.4 Å². The van der Waals surface area contributed by atoms with Crippen LogP contribution in [0.3, 0.4) is 0 Å². The van der Waals surface area contributed by atoms with Crippen molar-refractivity contribution in [3.63, 3.8) is 0 Å². The van der Waals surface area contributed by atoms with Crippen LogP contribution >= 0.6 is 11.3 Å². The fourth-order valence-corrected chi connectivity index (χ4v) is 3.69. The highest BCUT2D eigenvalue weighted by Gasteiger charge is 2.22. The van der Waals surface area contributed by atoms with Crippen molar-refractivity contribution in [1.82, 2.24) is 9.88 Å². The number of carbonyl (C=O) groups is 1. The van der Waals surface area contributed by atoms with E-state index in [9.17, 15) is 4.79 Å². The summed E-state index contributed by atoms with van der Waals surface area (Å²) in [6.45, 7) is 14.1. The Morgan fingerprint density at radius 2 is 1.85 bits per heavy atom. The van der Waals surface area contributed by atoms with Gasteiger partial charge in [-0.1, -0.05) is 39.0 Å². The Kier molecular flexibility index (Phi) is 5.16. The Balaban J connectivity index is 2.02. The SMILES string of the molecule is CC(C)CN1CCN(c2nc(C(C)C)c(C=O)s2)CC1. The number of hydrogen-bond acceptors (Lipinski definition) is 5. The average Bonchev–Trinajstić information content (AvgIpc) is 2.83. The zero-order valence-corrected chi connectivity index (χ0v) is 13.7. The molecule has 4 nitrogen and oxygen atoms in total. The van der Waals surface area contributed by atoms with Gasteiger partial charge < -0.3 is 4.90 Å². The van der Waals surface area contributed by atoms with Crippen molar-refractivity contribution in [3.05, 3.63) is 10.6 Å². The summed E-state index contributed by atoms with van der Waals surface area (Å²) in [6, 6.07) is 0. The summed E-state index contributed by atoms with van der Waals surface area (Å²) in [6.07, 6.45) is 0.950. The molecule has 0 spiro atoms. The Morgan fingerprint density at radius 1 is 1.20 bits per heavy atom. The smallest absolute Gasteiger partial charge is 0.186 e. The van der Waals surface area contributed by atoms with Gasteiger partial charge in [0.15, 0.2) is 11.4 Å². The molecule has 1 fully saturated rings. The molecular weight excluding hydrogens is 270 g/mol. The van der Waals surface area contributed by atoms with Crippen LogP contribution in [0.4, 0.5) is 5.13 Å². The predicted molar refractivity (Wildman–Crippen MR) is 85.1 cm³/mol. The minimum absolute atomic E-state index is 0.308. The molecule has 2 heterocycles. The number of hydrogen-bond donors (Lipinski definition) is 0. The molecule has 0 N–H and O–H groups in total. The summed E-state index contributed by atoms with van der Waals surface area (Å²) in [7, 11) is 0. The van der Waals surface area contributed by atoms with E-state index < -0.39 is 0 Å². The molecule has 0 aromatic carbocycles. The number of carbonyl (C=O) groups excluding carboxylic acids is 1. The Hall–Kier alpha value is -0.940. The average molecular weight is 295 g/mol. The van der Waals surface area contributed by atoms with Gasteiger partial charge in [-0.3, -0.25) is 9.69 Å². The zero-order chi connectivity index (χ0) is 14.7. The van der Waals surface area contributed by atoms with Crippen molar-refractivity contribution in [1.29, 1.82) is 0 Å². The highest BCUT2D eigenvalue weighted by atomic mass is 32.1. The normalized spacial score (nSPS) is 17.2. The van der Waals surface area contributed by atoms with Crippen LogP contribution in [0.25, 0.3) is 0 Å². The zero-order valence-electron chi connectivity index (χ0n) is 12.9. The second-order valence-electron chi connectivity index (χ2n) is 6.20. The molecule has 0 saturated carbocycles. The van der Waals surface area contributed by atoms with Gasteiger partial charge in [-0.05, 0) is 11.8 Å². The highest BCUT2D eigenvalue weighted by molar-refractivity contribution is 7.17. The van der Waals surface area contributed by atoms with Gasteiger partial charge in [-0.15, -0.1) is 0 Å². The summed E-state index contributed by atoms with van der Waals surface area (Å²) >= 11 is 1.54. The largest absolute Gasteiger partial charge is 0.346 e. The summed E-state index contributed by atoms with van der Waals surface area (Å²) in [5, 5.41) is 1.01. The maximum absolute atomic E-state index is 11.1. The van der Waals surface area contributed by atoms with Crippen LogP contribution in [0, 0.1) is 5.92 Å². The molecule has 1 saturated heterocycles. The predicted octanol–water partition coefficient (Wildman–Crippen LogP) is 2.86. The maximum atomic E-state index is 11.1. The lowest BCUT2D eigenvalue weighted by molar-refractivity contribution is 0.112. The van der Waals surface area contributed by atoms with Gasteiger partial charge in [-0.2, -0.15) is 0 Å². The minimum atomic E-state index is 0.308. The fourth-order valence-electron chi connectivity index (χ4n) is 2.60. The van der Waals surface area contributed by atoms with Crippen molar-refractivity contribution >= 4 is 22.8 Å². The number of nitrogens with zero attached hydrogens (tertiary/aromatic N) is 3. The second-order valence-corrected chi connectivity index (χ2v) is 7.21. The van der Waals surface area contributed by atoms with Gasteiger partial charge >= 0.3 is 0 Å². The van der Waals surface area contributed by atoms with Crippen molar-refractivity contribution in [3.8, 4) is 0 Å². The van der Waals surface area contributed by atoms with E-state index in [4.69, 9.17) is 0 Å². The Labute approximate surface area is 125 Å². The molecule has 112 valence electrons. The first-order valence-corrected chi connectivity index (χ1v) is 8.26. The number of aldehydes is 1. The summed E-state index contributed by atoms with van der Waals surface area (Å²) in [5.74, 6) is 1.03. The van der Waals surface area contributed by atoms with Crippen molar-refractivity contribution in [2.45, 2.75) is 33.6 Å². The highest BCUT2D eigenvalue weighted by Crippen LogP contribution is 2.30. The lowest BCUT2D eigenvalue weighted by atomic mass is 10.1. The fraction of sp³-hybridized carbons (Fsp3) is 0.733. The standard InChI is InChI=1S/C15H25N3OS/c1-11(2)9-17-5-7-18(8-6-17)15-16-14(12(3)4)13(10-19)20-15/h10-12H,5-9H2,1-4H3. The van der Waals surface area contributed by atoms with E-state index in [2.05, 4.69) is 42.5 Å². The van der Waals surface area contributed by atoms with Gasteiger partial charge in [0, 0.05) is 32.7 Å². The van der Waals surface area contributed by atoms with E-state index in [1.54, 1.807) is 0 Å². The molecule has 1 aromatic rings. The van der Waals surface area contributed by atoms with Crippen LogP contribution in [0.1, 0.15) is 49.0 Å². The summed E-state index contributed by atoms with van der Waals surface area (Å²) < 4.78 is 0. The molecule has 0 bridgehead atoms. The third-order valence-corrected chi connectivity index (χ3v) is 4.65. The molecule has 0 aliphatic carbocycles. The van der Waals surface area contributed by atoms with Gasteiger partial charge in [0.25, 0.3) is 0 Å². The first kappa shape index (κ1) is 15.4. The molecule has 0 radical (unpaired) electrons. The van der Waals surface area contributed by atoms with E-state index in [-0.39, 0.29) is 0 Å². The summed E-state index contributed by atoms with van der Waals surface area (Å²) in [5.41, 5.74) is 0.949. The first-order chi connectivity index (χ1) is 9.51. The van der Waals surface area contributed by atoms with Crippen molar-refractivity contribution in [2.24, 2.45) is 5.92 Å². The molecule has 0 unspecified atom stereocenters. The lowest BCUT2D eigenvalue weighted by Crippen LogP contribution is -2.47. The van der Waals surface area contributed by atoms with E-state index in [1.807, 2.05) is 0 Å². The van der Waals surface area contributed by atoms with Crippen LogP contribution in [-0.2, 0) is 0 Å². The Bertz CT molecular complexity index is 448. The summed E-state index contributed by atoms with van der Waals surface area (Å²) in [4.78, 5) is 21.5. The molecule has 0 amide bonds. The minimum Gasteiger partial charge on any atom is -0.346 e. The van der Waals surface area contributed by atoms with Gasteiger partial charge in [0.1, 0.15) is 0 Å². The number of rotatable bonds is 5. The van der Waals surface area contributed by atoms with Crippen LogP contribution < -0.4 is 4.90 Å². The third-order valence-electron chi connectivity index (χ3n) is 3.59. The van der Waals surface area contributed by atoms with Crippen LogP contribution in [0.15, 0.2) is 0 Å². The monoisotopic (exact) mass is 295 g/mol. The van der Waals surface area contributed by atoms with Crippen molar-refractivity contribution in [2.75, 3.05) is 37.6 Å². The molecule has 0 atom stereocenters. The second kappa shape index (κ2) is 6.68. The maximum Gasteiger partial charge on any atom is 0.186 e. The van der Waals surface area contributed by atoms with E-state index in [0.717, 1.165) is 54.1 Å². The number of anilines is 1. The van der Waals surface area contributed by atoms with Crippen LogP contribution in [-0.4, -0.2) is 48.9 Å². The quantitative estimate of drug-likeness (QED) is 0.783. The molecular formula is C15H25N3OS. The first-order valence-electron chi connectivity index (χ1n) is 7.44. The van der Waals surface area contributed by atoms with Crippen LogP contribution in [0.5, 0.6) is 0 Å². The van der Waals surface area contributed by atoms with E-state index >= 15 is 0 Å². The number of thiazole rings is 1. The van der Waals surface area contributed by atoms with Gasteiger partial charge in [0.05, 0.1) is 10.6 Å². The molecule has 20 heavy (non-hydrogen) atoms. The number of piperazine rings is 1. The third kappa shape index (κ3) is 3.58. The van der Waals surface area contributed by atoms with Gasteiger partial charge in [-0.25, -0.2) is 4.98 Å². The lowest BCUT2D eigenvalue weighted by Gasteiger charge is -2.35. The molecule has 1 aliphatic rings. The van der Waals surface area contributed by atoms with E-state index in [0.29, 0.717) is 5.92 Å². The Morgan fingerprint density at radius 3 is 2.30 bits per heavy atom. The number of aromatic nitrogens is 1. The molecule has 5 heteroatoms.